The highest BCUT2D eigenvalue weighted by Gasteiger charge is 2.12. The Morgan fingerprint density at radius 1 is 1.00 bits per heavy atom. The van der Waals surface area contributed by atoms with E-state index < -0.39 is 0 Å². The molecular weight excluding hydrogens is 360 g/mol. The van der Waals surface area contributed by atoms with Crippen LogP contribution in [0.15, 0.2) is 54.6 Å². The van der Waals surface area contributed by atoms with Crippen LogP contribution in [0.5, 0.6) is 0 Å². The Kier molecular flexibility index (Phi) is 6.27. The van der Waals surface area contributed by atoms with Crippen LogP contribution in [0.25, 0.3) is 0 Å². The smallest absolute Gasteiger partial charge is 0.286 e. The van der Waals surface area contributed by atoms with E-state index in [0.717, 1.165) is 17.8 Å². The van der Waals surface area contributed by atoms with Gasteiger partial charge in [0.05, 0.1) is 0 Å². The molecule has 0 unspecified atom stereocenters. The van der Waals surface area contributed by atoms with Crippen LogP contribution >= 0.6 is 11.3 Å². The van der Waals surface area contributed by atoms with Crippen LogP contribution in [-0.4, -0.2) is 28.6 Å². The van der Waals surface area contributed by atoms with Gasteiger partial charge in [0.25, 0.3) is 11.8 Å². The van der Waals surface area contributed by atoms with Gasteiger partial charge in [-0.25, -0.2) is 0 Å². The van der Waals surface area contributed by atoms with Gasteiger partial charge in [-0.3, -0.25) is 9.59 Å². The number of nitrogens with zero attached hydrogens (tertiary/aromatic N) is 2. The minimum absolute atomic E-state index is 0.161. The van der Waals surface area contributed by atoms with Gasteiger partial charge in [-0.2, -0.15) is 0 Å². The van der Waals surface area contributed by atoms with E-state index in [2.05, 4.69) is 33.0 Å². The summed E-state index contributed by atoms with van der Waals surface area (Å²) in [5, 5.41) is 14.3. The largest absolute Gasteiger partial charge is 0.352 e. The Morgan fingerprint density at radius 3 is 2.56 bits per heavy atom. The summed E-state index contributed by atoms with van der Waals surface area (Å²) in [7, 11) is 0. The van der Waals surface area contributed by atoms with E-state index in [9.17, 15) is 9.59 Å². The number of benzene rings is 2. The zero-order chi connectivity index (χ0) is 19.1. The van der Waals surface area contributed by atoms with Gasteiger partial charge in [-0.1, -0.05) is 47.7 Å². The molecule has 2 N–H and O–H groups in total. The molecule has 1 aromatic heterocycles. The molecule has 0 radical (unpaired) electrons. The Balaban J connectivity index is 1.51. The van der Waals surface area contributed by atoms with Crippen molar-refractivity contribution in [3.63, 3.8) is 0 Å². The minimum Gasteiger partial charge on any atom is -0.352 e. The van der Waals surface area contributed by atoms with Crippen LogP contribution in [0.1, 0.15) is 37.2 Å². The average Bonchev–Trinajstić information content (AvgIpc) is 3.13. The van der Waals surface area contributed by atoms with Crippen LogP contribution in [0.4, 0.5) is 5.69 Å². The lowest BCUT2D eigenvalue weighted by Gasteiger charge is -2.08. The van der Waals surface area contributed by atoms with Gasteiger partial charge in [0.2, 0.25) is 5.01 Å². The number of nitrogens with one attached hydrogen (secondary N) is 2. The summed E-state index contributed by atoms with van der Waals surface area (Å²) in [5.41, 5.74) is 2.30. The number of aryl methyl sites for hydroxylation is 2. The third-order valence-electron chi connectivity index (χ3n) is 3.87. The van der Waals surface area contributed by atoms with Crippen molar-refractivity contribution in [1.82, 2.24) is 15.5 Å². The van der Waals surface area contributed by atoms with E-state index in [1.807, 2.05) is 18.2 Å². The van der Waals surface area contributed by atoms with Crippen LogP contribution in [0.3, 0.4) is 0 Å². The summed E-state index contributed by atoms with van der Waals surface area (Å²) in [6, 6.07) is 17.0. The van der Waals surface area contributed by atoms with Gasteiger partial charge >= 0.3 is 0 Å². The van der Waals surface area contributed by atoms with E-state index in [1.165, 1.54) is 16.9 Å². The van der Waals surface area contributed by atoms with Crippen molar-refractivity contribution in [3.8, 4) is 0 Å². The lowest BCUT2D eigenvalue weighted by atomic mass is 10.1. The normalized spacial score (nSPS) is 10.4. The van der Waals surface area contributed by atoms with Gasteiger partial charge in [-0.05, 0) is 43.5 Å². The highest BCUT2D eigenvalue weighted by Crippen LogP contribution is 2.14. The summed E-state index contributed by atoms with van der Waals surface area (Å²) in [4.78, 5) is 24.5. The average molecular weight is 380 g/mol. The fraction of sp³-hybridized carbons (Fsp3) is 0.200. The summed E-state index contributed by atoms with van der Waals surface area (Å²) in [6.45, 7) is 2.38. The lowest BCUT2D eigenvalue weighted by molar-refractivity contribution is 0.0951. The molecule has 2 aromatic carbocycles. The maximum Gasteiger partial charge on any atom is 0.286 e. The van der Waals surface area contributed by atoms with Crippen molar-refractivity contribution in [2.45, 2.75) is 19.8 Å². The predicted octanol–water partition coefficient (Wildman–Crippen LogP) is 3.46. The first-order chi connectivity index (χ1) is 13.1. The molecule has 0 saturated carbocycles. The van der Waals surface area contributed by atoms with E-state index in [-0.39, 0.29) is 11.8 Å². The first kappa shape index (κ1) is 18.7. The Labute approximate surface area is 161 Å². The Morgan fingerprint density at radius 2 is 1.81 bits per heavy atom. The molecule has 0 aliphatic rings. The molecule has 3 rings (SSSR count). The summed E-state index contributed by atoms with van der Waals surface area (Å²) < 4.78 is 0. The van der Waals surface area contributed by atoms with Crippen molar-refractivity contribution in [3.05, 3.63) is 75.7 Å². The summed E-state index contributed by atoms with van der Waals surface area (Å²) in [5.74, 6) is -0.494. The number of hydrogen-bond acceptors (Lipinski definition) is 5. The third kappa shape index (κ3) is 5.46. The first-order valence-corrected chi connectivity index (χ1v) is 9.47. The van der Waals surface area contributed by atoms with Crippen LogP contribution in [0.2, 0.25) is 0 Å². The van der Waals surface area contributed by atoms with Crippen molar-refractivity contribution in [2.75, 3.05) is 11.9 Å². The standard InChI is InChI=1S/C20H20N4O2S/c1-14-23-24-20(27-14)19(26)22-17-11-5-10-16(13-17)18(25)21-12-6-9-15-7-3-2-4-8-15/h2-5,7-8,10-11,13H,6,9,12H2,1H3,(H,21,25)(H,22,26). The van der Waals surface area contributed by atoms with E-state index in [0.29, 0.717) is 22.8 Å². The van der Waals surface area contributed by atoms with Gasteiger partial charge in [0, 0.05) is 17.8 Å². The number of hydrogen-bond donors (Lipinski definition) is 2. The Bertz CT molecular complexity index is 924. The van der Waals surface area contributed by atoms with Gasteiger partial charge in [-0.15, -0.1) is 10.2 Å². The number of rotatable bonds is 7. The van der Waals surface area contributed by atoms with Crippen LogP contribution in [0, 0.1) is 6.92 Å². The molecule has 27 heavy (non-hydrogen) atoms. The molecule has 1 heterocycles. The molecule has 0 aliphatic heterocycles. The maximum atomic E-state index is 12.3. The molecule has 7 heteroatoms. The van der Waals surface area contributed by atoms with Crippen molar-refractivity contribution >= 4 is 28.8 Å². The van der Waals surface area contributed by atoms with E-state index in [1.54, 1.807) is 31.2 Å². The second-order valence-electron chi connectivity index (χ2n) is 6.01. The van der Waals surface area contributed by atoms with Crippen LogP contribution < -0.4 is 10.6 Å². The SMILES string of the molecule is Cc1nnc(C(=O)Nc2cccc(C(=O)NCCCc3ccccc3)c2)s1. The minimum atomic E-state index is -0.332. The van der Waals surface area contributed by atoms with Crippen molar-refractivity contribution < 1.29 is 9.59 Å². The van der Waals surface area contributed by atoms with Gasteiger partial charge < -0.3 is 10.6 Å². The molecule has 2 amide bonds. The van der Waals surface area contributed by atoms with Gasteiger partial charge in [0.1, 0.15) is 5.01 Å². The number of carbonyl (C=O) groups excluding carboxylic acids is 2. The molecule has 0 fully saturated rings. The van der Waals surface area contributed by atoms with E-state index in [4.69, 9.17) is 0 Å². The second kappa shape index (κ2) is 9.05. The fourth-order valence-electron chi connectivity index (χ4n) is 2.55. The van der Waals surface area contributed by atoms with Crippen molar-refractivity contribution in [1.29, 1.82) is 0 Å². The zero-order valence-corrected chi connectivity index (χ0v) is 15.8. The molecule has 0 atom stereocenters. The predicted molar refractivity (Wildman–Crippen MR) is 106 cm³/mol. The molecular formula is C20H20N4O2S. The lowest BCUT2D eigenvalue weighted by Crippen LogP contribution is -2.25. The molecule has 0 spiro atoms. The van der Waals surface area contributed by atoms with E-state index >= 15 is 0 Å². The molecule has 0 bridgehead atoms. The zero-order valence-electron chi connectivity index (χ0n) is 14.9. The quantitative estimate of drug-likeness (QED) is 0.615. The third-order valence-corrected chi connectivity index (χ3v) is 4.71. The molecule has 3 aromatic rings. The molecule has 0 saturated heterocycles. The molecule has 6 nitrogen and oxygen atoms in total. The van der Waals surface area contributed by atoms with Crippen LogP contribution in [-0.2, 0) is 6.42 Å². The maximum absolute atomic E-state index is 12.3. The molecule has 0 aliphatic carbocycles. The topological polar surface area (TPSA) is 84.0 Å². The highest BCUT2D eigenvalue weighted by molar-refractivity contribution is 7.13. The second-order valence-corrected chi connectivity index (χ2v) is 7.19. The molecule has 138 valence electrons. The number of carbonyl (C=O) groups is 2. The Hall–Kier alpha value is -3.06. The van der Waals surface area contributed by atoms with Gasteiger partial charge in [0.15, 0.2) is 0 Å². The summed E-state index contributed by atoms with van der Waals surface area (Å²) >= 11 is 1.22. The number of aromatic nitrogens is 2. The fourth-order valence-corrected chi connectivity index (χ4v) is 3.14. The highest BCUT2D eigenvalue weighted by atomic mass is 32.1. The first-order valence-electron chi connectivity index (χ1n) is 8.65. The summed E-state index contributed by atoms with van der Waals surface area (Å²) in [6.07, 6.45) is 1.78. The number of amides is 2. The monoisotopic (exact) mass is 380 g/mol. The van der Waals surface area contributed by atoms with Crippen molar-refractivity contribution in [2.24, 2.45) is 0 Å². The number of anilines is 1.